The van der Waals surface area contributed by atoms with E-state index >= 15 is 0 Å². The third-order valence-corrected chi connectivity index (χ3v) is 4.15. The molecule has 0 bridgehead atoms. The molecule has 0 aliphatic carbocycles. The molecule has 0 aliphatic rings. The van der Waals surface area contributed by atoms with Crippen molar-refractivity contribution in [2.24, 2.45) is 0 Å². The Kier molecular flexibility index (Phi) is 4.29. The van der Waals surface area contributed by atoms with Crippen molar-refractivity contribution in [2.75, 3.05) is 7.05 Å². The molecule has 20 heavy (non-hydrogen) atoms. The van der Waals surface area contributed by atoms with E-state index in [2.05, 4.69) is 77.3 Å². The van der Waals surface area contributed by atoms with Gasteiger partial charge in [-0.15, -0.1) is 0 Å². The van der Waals surface area contributed by atoms with Crippen molar-refractivity contribution >= 4 is 0 Å². The summed E-state index contributed by atoms with van der Waals surface area (Å²) >= 11 is 0. The summed E-state index contributed by atoms with van der Waals surface area (Å²) in [5.74, 6) is 0. The molecule has 1 N–H and O–H groups in total. The van der Waals surface area contributed by atoms with Crippen molar-refractivity contribution in [3.63, 3.8) is 0 Å². The van der Waals surface area contributed by atoms with E-state index in [9.17, 15) is 0 Å². The zero-order valence-electron chi connectivity index (χ0n) is 13.5. The highest BCUT2D eigenvalue weighted by Crippen LogP contribution is 2.32. The first-order chi connectivity index (χ1) is 9.45. The van der Waals surface area contributed by atoms with Crippen molar-refractivity contribution < 1.29 is 0 Å². The van der Waals surface area contributed by atoms with Crippen LogP contribution in [0.3, 0.4) is 0 Å². The van der Waals surface area contributed by atoms with Crippen LogP contribution in [0.5, 0.6) is 0 Å². The SMILES string of the molecule is CNC(c1c(C)cccc1C)c1c(C)cc(C)cc1C. The van der Waals surface area contributed by atoms with Crippen molar-refractivity contribution in [1.29, 1.82) is 0 Å². The first-order valence-electron chi connectivity index (χ1n) is 7.26. The Morgan fingerprint density at radius 1 is 0.750 bits per heavy atom. The number of hydrogen-bond acceptors (Lipinski definition) is 1. The Morgan fingerprint density at radius 2 is 1.20 bits per heavy atom. The zero-order chi connectivity index (χ0) is 14.9. The lowest BCUT2D eigenvalue weighted by molar-refractivity contribution is 0.674. The van der Waals surface area contributed by atoms with E-state index in [0.29, 0.717) is 0 Å². The van der Waals surface area contributed by atoms with Crippen LogP contribution in [0.1, 0.15) is 45.0 Å². The maximum Gasteiger partial charge on any atom is 0.0584 e. The van der Waals surface area contributed by atoms with Crippen LogP contribution in [-0.4, -0.2) is 7.05 Å². The van der Waals surface area contributed by atoms with Gasteiger partial charge in [-0.2, -0.15) is 0 Å². The Morgan fingerprint density at radius 3 is 1.65 bits per heavy atom. The van der Waals surface area contributed by atoms with E-state index in [-0.39, 0.29) is 6.04 Å². The minimum absolute atomic E-state index is 0.261. The molecule has 2 aromatic rings. The normalized spacial score (nSPS) is 12.5. The van der Waals surface area contributed by atoms with E-state index in [1.54, 1.807) is 0 Å². The lowest BCUT2D eigenvalue weighted by atomic mass is 9.86. The predicted octanol–water partition coefficient (Wildman–Crippen LogP) is 4.54. The topological polar surface area (TPSA) is 12.0 Å². The number of hydrogen-bond donors (Lipinski definition) is 1. The van der Waals surface area contributed by atoms with Gasteiger partial charge in [0.25, 0.3) is 0 Å². The Labute approximate surface area is 123 Å². The molecule has 0 saturated carbocycles. The molecule has 0 aromatic heterocycles. The van der Waals surface area contributed by atoms with Crippen LogP contribution in [0.2, 0.25) is 0 Å². The molecule has 1 unspecified atom stereocenters. The summed E-state index contributed by atoms with van der Waals surface area (Å²) < 4.78 is 0. The molecule has 1 nitrogen and oxygen atoms in total. The highest BCUT2D eigenvalue weighted by molar-refractivity contribution is 5.48. The average molecular weight is 267 g/mol. The Hall–Kier alpha value is -1.60. The molecular formula is C19H25N. The number of aryl methyl sites for hydroxylation is 5. The highest BCUT2D eigenvalue weighted by Gasteiger charge is 2.20. The molecule has 1 atom stereocenters. The van der Waals surface area contributed by atoms with Crippen LogP contribution in [0.15, 0.2) is 30.3 Å². The summed E-state index contributed by atoms with van der Waals surface area (Å²) in [4.78, 5) is 0. The summed E-state index contributed by atoms with van der Waals surface area (Å²) in [5, 5.41) is 3.52. The monoisotopic (exact) mass is 267 g/mol. The molecule has 0 radical (unpaired) electrons. The highest BCUT2D eigenvalue weighted by atomic mass is 14.9. The van der Waals surface area contributed by atoms with Crippen LogP contribution in [0.4, 0.5) is 0 Å². The van der Waals surface area contributed by atoms with Gasteiger partial charge in [-0.1, -0.05) is 35.9 Å². The molecule has 0 saturated heterocycles. The lowest BCUT2D eigenvalue weighted by Crippen LogP contribution is -2.22. The second-order valence-corrected chi connectivity index (χ2v) is 5.84. The summed E-state index contributed by atoms with van der Waals surface area (Å²) in [7, 11) is 2.05. The largest absolute Gasteiger partial charge is 0.309 e. The standard InChI is InChI=1S/C19H25N/c1-12-10-15(4)18(16(5)11-12)19(20-6)17-13(2)8-7-9-14(17)3/h7-11,19-20H,1-6H3. The molecule has 0 spiro atoms. The maximum atomic E-state index is 3.52. The van der Waals surface area contributed by atoms with E-state index in [4.69, 9.17) is 0 Å². The van der Waals surface area contributed by atoms with Crippen molar-refractivity contribution in [3.05, 3.63) is 69.3 Å². The molecule has 0 amide bonds. The maximum absolute atomic E-state index is 3.52. The molecule has 2 aromatic carbocycles. The fourth-order valence-electron chi connectivity index (χ4n) is 3.36. The van der Waals surface area contributed by atoms with Gasteiger partial charge in [-0.25, -0.2) is 0 Å². The second-order valence-electron chi connectivity index (χ2n) is 5.84. The quantitative estimate of drug-likeness (QED) is 0.861. The van der Waals surface area contributed by atoms with Gasteiger partial charge in [0.05, 0.1) is 6.04 Å². The zero-order valence-corrected chi connectivity index (χ0v) is 13.5. The minimum Gasteiger partial charge on any atom is -0.309 e. The summed E-state index contributed by atoms with van der Waals surface area (Å²) in [5.41, 5.74) is 9.59. The molecular weight excluding hydrogens is 242 g/mol. The lowest BCUT2D eigenvalue weighted by Gasteiger charge is -2.25. The number of rotatable bonds is 3. The fourth-order valence-corrected chi connectivity index (χ4v) is 3.36. The van der Waals surface area contributed by atoms with Gasteiger partial charge in [0, 0.05) is 0 Å². The van der Waals surface area contributed by atoms with Gasteiger partial charge in [-0.05, 0) is 75.0 Å². The number of benzene rings is 2. The van der Waals surface area contributed by atoms with Gasteiger partial charge < -0.3 is 5.32 Å². The van der Waals surface area contributed by atoms with Gasteiger partial charge >= 0.3 is 0 Å². The van der Waals surface area contributed by atoms with E-state index in [0.717, 1.165) is 0 Å². The summed E-state index contributed by atoms with van der Waals surface area (Å²) in [6.45, 7) is 11.0. The van der Waals surface area contributed by atoms with Crippen molar-refractivity contribution in [1.82, 2.24) is 5.32 Å². The first kappa shape index (κ1) is 14.8. The second kappa shape index (κ2) is 5.80. The van der Waals surface area contributed by atoms with Crippen LogP contribution in [0.25, 0.3) is 0 Å². The molecule has 0 aliphatic heterocycles. The van der Waals surface area contributed by atoms with Crippen LogP contribution in [-0.2, 0) is 0 Å². The van der Waals surface area contributed by atoms with Crippen LogP contribution >= 0.6 is 0 Å². The molecule has 0 heterocycles. The van der Waals surface area contributed by atoms with Crippen LogP contribution in [0, 0.1) is 34.6 Å². The predicted molar refractivity (Wildman–Crippen MR) is 87.5 cm³/mol. The van der Waals surface area contributed by atoms with Gasteiger partial charge in [0.2, 0.25) is 0 Å². The molecule has 0 fully saturated rings. The first-order valence-corrected chi connectivity index (χ1v) is 7.26. The molecule has 106 valence electrons. The molecule has 1 heteroatoms. The summed E-state index contributed by atoms with van der Waals surface area (Å²) in [6.07, 6.45) is 0. The Bertz CT molecular complexity index is 582. The Balaban J connectivity index is 2.65. The molecule has 2 rings (SSSR count). The third kappa shape index (κ3) is 2.64. The number of nitrogens with one attached hydrogen (secondary N) is 1. The van der Waals surface area contributed by atoms with Gasteiger partial charge in [0.1, 0.15) is 0 Å². The van der Waals surface area contributed by atoms with E-state index in [1.165, 1.54) is 38.9 Å². The smallest absolute Gasteiger partial charge is 0.0584 e. The van der Waals surface area contributed by atoms with Crippen molar-refractivity contribution in [2.45, 2.75) is 40.7 Å². The van der Waals surface area contributed by atoms with Gasteiger partial charge in [0.15, 0.2) is 0 Å². The van der Waals surface area contributed by atoms with Crippen molar-refractivity contribution in [3.8, 4) is 0 Å². The third-order valence-electron chi connectivity index (χ3n) is 4.15. The van der Waals surface area contributed by atoms with E-state index < -0.39 is 0 Å². The fraction of sp³-hybridized carbons (Fsp3) is 0.368. The van der Waals surface area contributed by atoms with Gasteiger partial charge in [-0.3, -0.25) is 0 Å². The van der Waals surface area contributed by atoms with E-state index in [1.807, 2.05) is 0 Å². The van der Waals surface area contributed by atoms with Crippen LogP contribution < -0.4 is 5.32 Å². The minimum atomic E-state index is 0.261. The summed E-state index contributed by atoms with van der Waals surface area (Å²) in [6, 6.07) is 11.4. The average Bonchev–Trinajstić information content (AvgIpc) is 2.35.